The molecule has 0 aliphatic carbocycles. The maximum absolute atomic E-state index is 13.5. The number of halogens is 1. The van der Waals surface area contributed by atoms with E-state index in [9.17, 15) is 14.0 Å². The monoisotopic (exact) mass is 419 g/mol. The highest BCUT2D eigenvalue weighted by molar-refractivity contribution is 5.94. The average Bonchev–Trinajstić information content (AvgIpc) is 2.79. The van der Waals surface area contributed by atoms with E-state index in [-0.39, 0.29) is 23.8 Å². The highest BCUT2D eigenvalue weighted by Gasteiger charge is 2.25. The number of nitrogens with one attached hydrogen (secondary N) is 1. The number of rotatable bonds is 6. The Morgan fingerprint density at radius 2 is 1.97 bits per heavy atom. The minimum absolute atomic E-state index is 0.0839. The smallest absolute Gasteiger partial charge is 0.256 e. The Labute approximate surface area is 181 Å². The Kier molecular flexibility index (Phi) is 6.26. The molecule has 0 spiro atoms. The van der Waals surface area contributed by atoms with Crippen molar-refractivity contribution in [3.05, 3.63) is 87.1 Å². The topological polar surface area (TPSA) is 66.1 Å². The van der Waals surface area contributed by atoms with E-state index >= 15 is 0 Å². The highest BCUT2D eigenvalue weighted by Crippen LogP contribution is 2.21. The van der Waals surface area contributed by atoms with Gasteiger partial charge < -0.3 is 9.88 Å². The van der Waals surface area contributed by atoms with E-state index in [4.69, 9.17) is 0 Å². The molecule has 2 aromatic carbocycles. The lowest BCUT2D eigenvalue weighted by Crippen LogP contribution is -2.39. The maximum Gasteiger partial charge on any atom is 0.256 e. The van der Waals surface area contributed by atoms with Crippen LogP contribution in [0.5, 0.6) is 0 Å². The van der Waals surface area contributed by atoms with Gasteiger partial charge in [0.1, 0.15) is 11.6 Å². The van der Waals surface area contributed by atoms with Gasteiger partial charge >= 0.3 is 0 Å². The van der Waals surface area contributed by atoms with E-state index < -0.39 is 0 Å². The number of nitrogens with zero attached hydrogens (tertiary/aromatic N) is 2. The average molecular weight is 420 g/mol. The standard InChI is InChI=1S/C25H26FN3O2/c1-2-3-4-6-17-9-11-18(12-10-17)25(31)29-14-13-22-21(16-29)24(30)28-23(27-22)19-7-5-8-20(26)15-19/h5,7-12,15H,2-4,6,13-14,16H2,1H3,(H,27,28,30). The number of hydrogen-bond acceptors (Lipinski definition) is 3. The van der Waals surface area contributed by atoms with Gasteiger partial charge in [-0.1, -0.05) is 44.0 Å². The maximum atomic E-state index is 13.5. The summed E-state index contributed by atoms with van der Waals surface area (Å²) in [6.07, 6.45) is 5.05. The van der Waals surface area contributed by atoms with Crippen molar-refractivity contribution in [3.8, 4) is 11.4 Å². The fourth-order valence-electron chi connectivity index (χ4n) is 3.95. The summed E-state index contributed by atoms with van der Waals surface area (Å²) in [5.41, 5.74) is 3.27. The van der Waals surface area contributed by atoms with Gasteiger partial charge in [-0.2, -0.15) is 0 Å². The number of amides is 1. The first-order valence-electron chi connectivity index (χ1n) is 10.8. The third-order valence-corrected chi connectivity index (χ3v) is 5.72. The zero-order chi connectivity index (χ0) is 21.8. The Morgan fingerprint density at radius 3 is 2.71 bits per heavy atom. The van der Waals surface area contributed by atoms with Crippen LogP contribution in [0.3, 0.4) is 0 Å². The van der Waals surface area contributed by atoms with E-state index in [1.165, 1.54) is 30.5 Å². The van der Waals surface area contributed by atoms with Crippen LogP contribution in [0.4, 0.5) is 4.39 Å². The van der Waals surface area contributed by atoms with Crippen molar-refractivity contribution in [3.63, 3.8) is 0 Å². The minimum atomic E-state index is -0.383. The van der Waals surface area contributed by atoms with Crippen LogP contribution in [-0.2, 0) is 19.4 Å². The second kappa shape index (κ2) is 9.25. The van der Waals surface area contributed by atoms with Crippen LogP contribution in [0.15, 0.2) is 53.3 Å². The lowest BCUT2D eigenvalue weighted by molar-refractivity contribution is 0.0732. The molecule has 0 bridgehead atoms. The quantitative estimate of drug-likeness (QED) is 0.598. The summed E-state index contributed by atoms with van der Waals surface area (Å²) in [6, 6.07) is 13.7. The Hall–Kier alpha value is -3.28. The van der Waals surface area contributed by atoms with Crippen molar-refractivity contribution in [2.45, 2.75) is 45.6 Å². The first-order chi connectivity index (χ1) is 15.0. The molecule has 1 N–H and O–H groups in total. The minimum Gasteiger partial charge on any atom is -0.334 e. The molecule has 6 heteroatoms. The number of fused-ring (bicyclic) bond motifs is 1. The van der Waals surface area contributed by atoms with Gasteiger partial charge in [-0.05, 0) is 42.7 Å². The Morgan fingerprint density at radius 1 is 1.16 bits per heavy atom. The number of carbonyl (C=O) groups is 1. The van der Waals surface area contributed by atoms with Crippen molar-refractivity contribution in [2.24, 2.45) is 0 Å². The normalized spacial score (nSPS) is 13.2. The molecule has 1 aliphatic heterocycles. The zero-order valence-electron chi connectivity index (χ0n) is 17.7. The fraction of sp³-hybridized carbons (Fsp3) is 0.320. The molecule has 2 heterocycles. The lowest BCUT2D eigenvalue weighted by Gasteiger charge is -2.28. The third-order valence-electron chi connectivity index (χ3n) is 5.72. The van der Waals surface area contributed by atoms with Crippen molar-refractivity contribution >= 4 is 5.91 Å². The summed E-state index contributed by atoms with van der Waals surface area (Å²) in [4.78, 5) is 34.6. The second-order valence-electron chi connectivity index (χ2n) is 7.98. The molecule has 31 heavy (non-hydrogen) atoms. The van der Waals surface area contributed by atoms with E-state index in [1.54, 1.807) is 17.0 Å². The van der Waals surface area contributed by atoms with E-state index in [0.29, 0.717) is 41.2 Å². The SMILES string of the molecule is CCCCCc1ccc(C(=O)N2CCc3nc(-c4cccc(F)c4)[nH]c(=O)c3C2)cc1. The molecule has 0 saturated carbocycles. The molecule has 1 aliphatic rings. The number of carbonyl (C=O) groups excluding carboxylic acids is 1. The van der Waals surface area contributed by atoms with Crippen LogP contribution in [0.25, 0.3) is 11.4 Å². The molecule has 3 aromatic rings. The molecule has 1 aromatic heterocycles. The van der Waals surface area contributed by atoms with Gasteiger partial charge in [0.2, 0.25) is 0 Å². The number of aromatic nitrogens is 2. The predicted molar refractivity (Wildman–Crippen MR) is 118 cm³/mol. The van der Waals surface area contributed by atoms with Crippen molar-refractivity contribution < 1.29 is 9.18 Å². The lowest BCUT2D eigenvalue weighted by atomic mass is 10.0. The first kappa shape index (κ1) is 21.0. The number of H-pyrrole nitrogens is 1. The van der Waals surface area contributed by atoms with Crippen LogP contribution in [0.1, 0.15) is 53.4 Å². The molecule has 0 atom stereocenters. The van der Waals surface area contributed by atoms with Crippen molar-refractivity contribution in [1.29, 1.82) is 0 Å². The molecule has 5 nitrogen and oxygen atoms in total. The van der Waals surface area contributed by atoms with Crippen LogP contribution in [-0.4, -0.2) is 27.3 Å². The van der Waals surface area contributed by atoms with E-state index in [0.717, 1.165) is 12.8 Å². The van der Waals surface area contributed by atoms with Crippen molar-refractivity contribution in [1.82, 2.24) is 14.9 Å². The van der Waals surface area contributed by atoms with Gasteiger partial charge in [-0.25, -0.2) is 9.37 Å². The molecule has 160 valence electrons. The second-order valence-corrected chi connectivity index (χ2v) is 7.98. The molecule has 0 unspecified atom stereocenters. The Bertz CT molecular complexity index is 1140. The fourth-order valence-corrected chi connectivity index (χ4v) is 3.95. The van der Waals surface area contributed by atoms with Gasteiger partial charge in [-0.15, -0.1) is 0 Å². The molecule has 0 fully saturated rings. The summed E-state index contributed by atoms with van der Waals surface area (Å²) in [6.45, 7) is 2.89. The predicted octanol–water partition coefficient (Wildman–Crippen LogP) is 4.51. The zero-order valence-corrected chi connectivity index (χ0v) is 17.7. The first-order valence-corrected chi connectivity index (χ1v) is 10.8. The number of aryl methyl sites for hydroxylation is 1. The van der Waals surface area contributed by atoms with Crippen LogP contribution in [0, 0.1) is 5.82 Å². The number of aromatic amines is 1. The van der Waals surface area contributed by atoms with Gasteiger partial charge in [0, 0.05) is 24.1 Å². The number of unbranched alkanes of at least 4 members (excludes halogenated alkanes) is 2. The van der Waals surface area contributed by atoms with Crippen LogP contribution in [0.2, 0.25) is 0 Å². The summed E-state index contributed by atoms with van der Waals surface area (Å²) in [7, 11) is 0. The van der Waals surface area contributed by atoms with Gasteiger partial charge in [0.25, 0.3) is 11.5 Å². The van der Waals surface area contributed by atoms with Gasteiger partial charge in [0.05, 0.1) is 17.8 Å². The molecule has 1 amide bonds. The van der Waals surface area contributed by atoms with E-state index in [1.807, 2.05) is 24.3 Å². The summed E-state index contributed by atoms with van der Waals surface area (Å²) in [5, 5.41) is 0. The molecule has 0 radical (unpaired) electrons. The van der Waals surface area contributed by atoms with Gasteiger partial charge in [0.15, 0.2) is 0 Å². The molecular formula is C25H26FN3O2. The summed E-state index contributed by atoms with van der Waals surface area (Å²) >= 11 is 0. The summed E-state index contributed by atoms with van der Waals surface area (Å²) < 4.78 is 13.5. The van der Waals surface area contributed by atoms with Crippen molar-refractivity contribution in [2.75, 3.05) is 6.54 Å². The largest absolute Gasteiger partial charge is 0.334 e. The summed E-state index contributed by atoms with van der Waals surface area (Å²) in [5.74, 6) is -0.118. The number of benzene rings is 2. The molecule has 0 saturated heterocycles. The van der Waals surface area contributed by atoms with E-state index in [2.05, 4.69) is 16.9 Å². The highest BCUT2D eigenvalue weighted by atomic mass is 19.1. The number of hydrogen-bond donors (Lipinski definition) is 1. The van der Waals surface area contributed by atoms with Crippen LogP contribution >= 0.6 is 0 Å². The van der Waals surface area contributed by atoms with Crippen LogP contribution < -0.4 is 5.56 Å². The third kappa shape index (κ3) is 4.74. The molecule has 4 rings (SSSR count). The molecular weight excluding hydrogens is 393 g/mol. The van der Waals surface area contributed by atoms with Gasteiger partial charge in [-0.3, -0.25) is 9.59 Å². The Balaban J connectivity index is 1.50.